The van der Waals surface area contributed by atoms with E-state index in [4.69, 9.17) is 9.26 Å². The lowest BCUT2D eigenvalue weighted by Crippen LogP contribution is -2.47. The number of hydrogen-bond donors (Lipinski definition) is 0. The molecule has 3 heterocycles. The molecular weight excluding hydrogens is 306 g/mol. The smallest absolute Gasteiger partial charge is 0.292 e. The Hall–Kier alpha value is -1.40. The minimum Gasteiger partial charge on any atom is -0.379 e. The van der Waals surface area contributed by atoms with Crippen molar-refractivity contribution in [3.63, 3.8) is 0 Å². The first-order valence-corrected chi connectivity index (χ1v) is 9.21. The molecule has 2 aliphatic rings. The number of aromatic nitrogens is 1. The fraction of sp³-hybridized carbons (Fsp3) is 0.778. The maximum atomic E-state index is 12.8. The Morgan fingerprint density at radius 2 is 2.08 bits per heavy atom. The topological polar surface area (TPSA) is 58.8 Å². The van der Waals surface area contributed by atoms with Gasteiger partial charge in [-0.1, -0.05) is 32.3 Å². The van der Waals surface area contributed by atoms with Gasteiger partial charge in [-0.3, -0.25) is 9.69 Å². The third-order valence-corrected chi connectivity index (χ3v) is 5.59. The van der Waals surface area contributed by atoms with Crippen molar-refractivity contribution in [1.82, 2.24) is 15.0 Å². The first-order chi connectivity index (χ1) is 11.6. The van der Waals surface area contributed by atoms with E-state index < -0.39 is 0 Å². The van der Waals surface area contributed by atoms with Gasteiger partial charge in [0.25, 0.3) is 5.91 Å². The minimum atomic E-state index is -0.0220. The SMILES string of the molecule is CC[C@H]1CN(C(=O)c2cc([C@@H](C)CC)no2)C[C@@H]1N1CCOCC1. The molecule has 0 unspecified atom stereocenters. The molecule has 0 N–H and O–H groups in total. The van der Waals surface area contributed by atoms with Gasteiger partial charge in [0.1, 0.15) is 0 Å². The number of rotatable bonds is 5. The van der Waals surface area contributed by atoms with Crippen LogP contribution in [0, 0.1) is 5.92 Å². The summed E-state index contributed by atoms with van der Waals surface area (Å²) in [6.07, 6.45) is 2.07. The zero-order valence-electron chi connectivity index (χ0n) is 15.0. The van der Waals surface area contributed by atoms with Crippen molar-refractivity contribution in [3.05, 3.63) is 17.5 Å². The van der Waals surface area contributed by atoms with Crippen LogP contribution in [0.2, 0.25) is 0 Å². The number of hydrogen-bond acceptors (Lipinski definition) is 5. The zero-order chi connectivity index (χ0) is 17.1. The van der Waals surface area contributed by atoms with Gasteiger partial charge in [0, 0.05) is 44.2 Å². The summed E-state index contributed by atoms with van der Waals surface area (Å²) in [6.45, 7) is 11.5. The maximum absolute atomic E-state index is 12.8. The molecule has 0 aliphatic carbocycles. The van der Waals surface area contributed by atoms with Crippen LogP contribution in [0.15, 0.2) is 10.6 Å². The summed E-state index contributed by atoms with van der Waals surface area (Å²) in [7, 11) is 0. The Bertz CT molecular complexity index is 553. The van der Waals surface area contributed by atoms with Crippen LogP contribution >= 0.6 is 0 Å². The van der Waals surface area contributed by atoms with E-state index in [1.54, 1.807) is 0 Å². The number of carbonyl (C=O) groups excluding carboxylic acids is 1. The fourth-order valence-corrected chi connectivity index (χ4v) is 3.73. The van der Waals surface area contributed by atoms with Crippen molar-refractivity contribution in [2.45, 2.75) is 45.6 Å². The zero-order valence-corrected chi connectivity index (χ0v) is 15.0. The molecule has 0 spiro atoms. The van der Waals surface area contributed by atoms with Crippen molar-refractivity contribution in [2.75, 3.05) is 39.4 Å². The Balaban J connectivity index is 1.68. The second kappa shape index (κ2) is 7.66. The number of likely N-dealkylation sites (tertiary alicyclic amines) is 1. The number of amides is 1. The molecule has 0 saturated carbocycles. The summed E-state index contributed by atoms with van der Waals surface area (Å²) in [4.78, 5) is 17.2. The second-order valence-electron chi connectivity index (χ2n) is 7.02. The van der Waals surface area contributed by atoms with Gasteiger partial charge in [0.15, 0.2) is 0 Å². The Labute approximate surface area is 144 Å². The van der Waals surface area contributed by atoms with E-state index in [1.807, 2.05) is 11.0 Å². The van der Waals surface area contributed by atoms with Crippen LogP contribution in [0.3, 0.4) is 0 Å². The monoisotopic (exact) mass is 335 g/mol. The van der Waals surface area contributed by atoms with Crippen LogP contribution in [0.4, 0.5) is 0 Å². The summed E-state index contributed by atoms with van der Waals surface area (Å²) in [6, 6.07) is 2.25. The molecule has 0 aromatic carbocycles. The highest BCUT2D eigenvalue weighted by atomic mass is 16.5. The van der Waals surface area contributed by atoms with Crippen LogP contribution in [0.5, 0.6) is 0 Å². The quantitative estimate of drug-likeness (QED) is 0.827. The van der Waals surface area contributed by atoms with Crippen LogP contribution in [0.25, 0.3) is 0 Å². The van der Waals surface area contributed by atoms with E-state index >= 15 is 0 Å². The molecule has 134 valence electrons. The molecule has 1 aromatic heterocycles. The molecule has 0 radical (unpaired) electrons. The first-order valence-electron chi connectivity index (χ1n) is 9.21. The van der Waals surface area contributed by atoms with Gasteiger partial charge in [-0.2, -0.15) is 0 Å². The molecular formula is C18H29N3O3. The summed E-state index contributed by atoms with van der Waals surface area (Å²) in [5.74, 6) is 1.19. The van der Waals surface area contributed by atoms with Crippen molar-refractivity contribution in [1.29, 1.82) is 0 Å². The Morgan fingerprint density at radius 1 is 1.33 bits per heavy atom. The molecule has 1 amide bonds. The van der Waals surface area contributed by atoms with E-state index in [0.717, 1.165) is 57.9 Å². The predicted octanol–water partition coefficient (Wildman–Crippen LogP) is 2.37. The standard InChI is InChI=1S/C18H29N3O3/c1-4-13(3)15-10-17(24-19-15)18(22)21-11-14(5-2)16(12-21)20-6-8-23-9-7-20/h10,13-14,16H,4-9,11-12H2,1-3H3/t13-,14-,16-/m0/s1. The van der Waals surface area contributed by atoms with Crippen LogP contribution in [-0.2, 0) is 4.74 Å². The minimum absolute atomic E-state index is 0.0220. The van der Waals surface area contributed by atoms with Crippen LogP contribution in [-0.4, -0.2) is 66.3 Å². The third-order valence-electron chi connectivity index (χ3n) is 5.59. The van der Waals surface area contributed by atoms with Gasteiger partial charge in [0.05, 0.1) is 18.9 Å². The highest BCUT2D eigenvalue weighted by Crippen LogP contribution is 2.27. The molecule has 24 heavy (non-hydrogen) atoms. The summed E-state index contributed by atoms with van der Waals surface area (Å²) in [5.41, 5.74) is 0.872. The lowest BCUT2D eigenvalue weighted by Gasteiger charge is -2.34. The molecule has 6 heteroatoms. The number of ether oxygens (including phenoxy) is 1. The van der Waals surface area contributed by atoms with Gasteiger partial charge in [0.2, 0.25) is 5.76 Å². The van der Waals surface area contributed by atoms with Crippen LogP contribution in [0.1, 0.15) is 55.8 Å². The van der Waals surface area contributed by atoms with Gasteiger partial charge >= 0.3 is 0 Å². The highest BCUT2D eigenvalue weighted by molar-refractivity contribution is 5.91. The largest absolute Gasteiger partial charge is 0.379 e. The fourth-order valence-electron chi connectivity index (χ4n) is 3.73. The highest BCUT2D eigenvalue weighted by Gasteiger charge is 2.39. The lowest BCUT2D eigenvalue weighted by molar-refractivity contribution is 0.0102. The van der Waals surface area contributed by atoms with Crippen LogP contribution < -0.4 is 0 Å². The number of morpholine rings is 1. The van der Waals surface area contributed by atoms with E-state index in [0.29, 0.717) is 23.6 Å². The second-order valence-corrected chi connectivity index (χ2v) is 7.02. The first kappa shape index (κ1) is 17.4. The molecule has 0 bridgehead atoms. The normalized spacial score (nSPS) is 26.7. The molecule has 2 saturated heterocycles. The van der Waals surface area contributed by atoms with Crippen molar-refractivity contribution >= 4 is 5.91 Å². The molecule has 2 aliphatic heterocycles. The van der Waals surface area contributed by atoms with E-state index in [-0.39, 0.29) is 5.91 Å². The van der Waals surface area contributed by atoms with E-state index in [1.165, 1.54) is 0 Å². The molecule has 6 nitrogen and oxygen atoms in total. The van der Waals surface area contributed by atoms with Crippen molar-refractivity contribution in [2.24, 2.45) is 5.92 Å². The third kappa shape index (κ3) is 3.49. The van der Waals surface area contributed by atoms with Crippen molar-refractivity contribution < 1.29 is 14.1 Å². The maximum Gasteiger partial charge on any atom is 0.292 e. The summed E-state index contributed by atoms with van der Waals surface area (Å²) < 4.78 is 10.8. The average Bonchev–Trinajstić information content (AvgIpc) is 3.28. The van der Waals surface area contributed by atoms with Gasteiger partial charge in [-0.05, 0) is 12.3 Å². The summed E-state index contributed by atoms with van der Waals surface area (Å²) in [5, 5.41) is 4.08. The van der Waals surface area contributed by atoms with E-state index in [2.05, 4.69) is 30.8 Å². The van der Waals surface area contributed by atoms with Gasteiger partial charge in [-0.15, -0.1) is 0 Å². The summed E-state index contributed by atoms with van der Waals surface area (Å²) >= 11 is 0. The molecule has 3 atom stereocenters. The van der Waals surface area contributed by atoms with E-state index in [9.17, 15) is 4.79 Å². The van der Waals surface area contributed by atoms with Gasteiger partial charge in [-0.25, -0.2) is 0 Å². The molecule has 3 rings (SSSR count). The predicted molar refractivity (Wildman–Crippen MR) is 91.1 cm³/mol. The average molecular weight is 335 g/mol. The lowest BCUT2D eigenvalue weighted by atomic mass is 9.99. The van der Waals surface area contributed by atoms with Crippen molar-refractivity contribution in [3.8, 4) is 0 Å². The molecule has 1 aromatic rings. The number of carbonyl (C=O) groups is 1. The molecule has 2 fully saturated rings. The van der Waals surface area contributed by atoms with Gasteiger partial charge < -0.3 is 14.2 Å². The Morgan fingerprint density at radius 3 is 2.75 bits per heavy atom. The Kier molecular flexibility index (Phi) is 5.56. The number of nitrogens with zero attached hydrogens (tertiary/aromatic N) is 3.